The zero-order valence-electron chi connectivity index (χ0n) is 11.6. The van der Waals surface area contributed by atoms with E-state index < -0.39 is 0 Å². The van der Waals surface area contributed by atoms with E-state index in [1.165, 1.54) is 5.56 Å². The van der Waals surface area contributed by atoms with Crippen LogP contribution in [-0.2, 0) is 4.79 Å². The lowest BCUT2D eigenvalue weighted by atomic mass is 9.97. The molecule has 21 heavy (non-hydrogen) atoms. The van der Waals surface area contributed by atoms with Crippen molar-refractivity contribution in [3.05, 3.63) is 58.6 Å². The van der Waals surface area contributed by atoms with Crippen LogP contribution in [-0.4, -0.2) is 18.1 Å². The summed E-state index contributed by atoms with van der Waals surface area (Å²) in [5.41, 5.74) is 2.20. The van der Waals surface area contributed by atoms with Crippen LogP contribution in [0.15, 0.2) is 47.4 Å². The molecular weight excluding hydrogens is 304 g/mol. The second kappa shape index (κ2) is 6.12. The molecule has 0 saturated heterocycles. The summed E-state index contributed by atoms with van der Waals surface area (Å²) in [7, 11) is 0. The van der Waals surface area contributed by atoms with Gasteiger partial charge in [-0.1, -0.05) is 29.3 Å². The van der Waals surface area contributed by atoms with E-state index in [1.807, 2.05) is 49.4 Å². The highest BCUT2D eigenvalue weighted by Gasteiger charge is 2.29. The van der Waals surface area contributed by atoms with Crippen LogP contribution in [0.1, 0.15) is 17.0 Å². The van der Waals surface area contributed by atoms with E-state index in [1.54, 1.807) is 11.8 Å². The Hall–Kier alpha value is -1.45. The number of fused-ring (bicyclic) bond motifs is 1. The van der Waals surface area contributed by atoms with Crippen LogP contribution in [0.2, 0.25) is 5.02 Å². The fraction of sp³-hybridized carbons (Fsp3) is 0.235. The molecule has 0 amide bonds. The Morgan fingerprint density at radius 2 is 2.05 bits per heavy atom. The van der Waals surface area contributed by atoms with Crippen molar-refractivity contribution in [3.8, 4) is 5.75 Å². The van der Waals surface area contributed by atoms with Crippen molar-refractivity contribution < 1.29 is 9.53 Å². The third-order valence-electron chi connectivity index (χ3n) is 3.54. The first-order valence-electron chi connectivity index (χ1n) is 6.78. The second-order valence-corrected chi connectivity index (χ2v) is 6.61. The van der Waals surface area contributed by atoms with Crippen LogP contribution < -0.4 is 4.74 Å². The first-order valence-corrected chi connectivity index (χ1v) is 8.14. The van der Waals surface area contributed by atoms with E-state index in [9.17, 15) is 4.79 Å². The van der Waals surface area contributed by atoms with Gasteiger partial charge in [-0.2, -0.15) is 0 Å². The third-order valence-corrected chi connectivity index (χ3v) is 4.96. The van der Waals surface area contributed by atoms with Gasteiger partial charge >= 0.3 is 0 Å². The number of halogens is 1. The van der Waals surface area contributed by atoms with Gasteiger partial charge in [-0.05, 0) is 42.8 Å². The second-order valence-electron chi connectivity index (χ2n) is 5.11. The SMILES string of the molecule is Cc1ccc(OCC(=O)C2CSc3ccc(Cl)cc32)cc1. The number of rotatable bonds is 4. The molecule has 0 N–H and O–H groups in total. The highest BCUT2D eigenvalue weighted by atomic mass is 35.5. The summed E-state index contributed by atoms with van der Waals surface area (Å²) in [6.45, 7) is 2.12. The molecule has 1 heterocycles. The molecule has 0 fully saturated rings. The molecule has 0 bridgehead atoms. The quantitative estimate of drug-likeness (QED) is 0.831. The predicted molar refractivity (Wildman–Crippen MR) is 86.6 cm³/mol. The monoisotopic (exact) mass is 318 g/mol. The number of ether oxygens (including phenoxy) is 1. The van der Waals surface area contributed by atoms with Gasteiger partial charge in [-0.3, -0.25) is 4.79 Å². The maximum atomic E-state index is 12.4. The lowest BCUT2D eigenvalue weighted by Crippen LogP contribution is -2.20. The van der Waals surface area contributed by atoms with Gasteiger partial charge in [0.15, 0.2) is 5.78 Å². The number of hydrogen-bond donors (Lipinski definition) is 0. The molecule has 1 unspecified atom stereocenters. The van der Waals surface area contributed by atoms with Crippen molar-refractivity contribution in [2.75, 3.05) is 12.4 Å². The van der Waals surface area contributed by atoms with Gasteiger partial charge in [0.1, 0.15) is 12.4 Å². The van der Waals surface area contributed by atoms with Crippen molar-refractivity contribution in [1.29, 1.82) is 0 Å². The van der Waals surface area contributed by atoms with Gasteiger partial charge in [0.05, 0.1) is 5.92 Å². The number of hydrogen-bond acceptors (Lipinski definition) is 3. The molecule has 1 atom stereocenters. The number of carbonyl (C=O) groups excluding carboxylic acids is 1. The molecule has 1 aliphatic rings. The molecule has 4 heteroatoms. The van der Waals surface area contributed by atoms with E-state index in [2.05, 4.69) is 0 Å². The number of benzene rings is 2. The summed E-state index contributed by atoms with van der Waals surface area (Å²) in [6.07, 6.45) is 0. The number of Topliss-reactive ketones (excluding diaryl/α,β-unsaturated/α-hetero) is 1. The lowest BCUT2D eigenvalue weighted by Gasteiger charge is -2.11. The van der Waals surface area contributed by atoms with Crippen LogP contribution in [0.5, 0.6) is 5.75 Å². The Morgan fingerprint density at radius 1 is 1.29 bits per heavy atom. The minimum absolute atomic E-state index is 0.0975. The van der Waals surface area contributed by atoms with Gasteiger partial charge in [0.25, 0.3) is 0 Å². The fourth-order valence-corrected chi connectivity index (χ4v) is 3.77. The minimum Gasteiger partial charge on any atom is -0.486 e. The van der Waals surface area contributed by atoms with E-state index in [0.29, 0.717) is 5.02 Å². The molecule has 0 saturated carbocycles. The highest BCUT2D eigenvalue weighted by Crippen LogP contribution is 2.41. The average molecular weight is 319 g/mol. The van der Waals surface area contributed by atoms with Crippen LogP contribution in [0, 0.1) is 6.92 Å². The summed E-state index contributed by atoms with van der Waals surface area (Å²) < 4.78 is 5.59. The van der Waals surface area contributed by atoms with Crippen LogP contribution >= 0.6 is 23.4 Å². The van der Waals surface area contributed by atoms with Crippen molar-refractivity contribution in [2.45, 2.75) is 17.7 Å². The number of aryl methyl sites for hydroxylation is 1. The van der Waals surface area contributed by atoms with Crippen molar-refractivity contribution in [3.63, 3.8) is 0 Å². The average Bonchev–Trinajstić information content (AvgIpc) is 2.89. The van der Waals surface area contributed by atoms with Crippen molar-refractivity contribution in [2.24, 2.45) is 0 Å². The smallest absolute Gasteiger partial charge is 0.178 e. The molecule has 0 radical (unpaired) electrons. The molecule has 0 aliphatic carbocycles. The Morgan fingerprint density at radius 3 is 2.81 bits per heavy atom. The van der Waals surface area contributed by atoms with E-state index in [-0.39, 0.29) is 18.3 Å². The minimum atomic E-state index is -0.117. The number of carbonyl (C=O) groups is 1. The lowest BCUT2D eigenvalue weighted by molar-refractivity contribution is -0.122. The van der Waals surface area contributed by atoms with E-state index in [0.717, 1.165) is 22.0 Å². The van der Waals surface area contributed by atoms with Gasteiger partial charge in [-0.15, -0.1) is 11.8 Å². The van der Waals surface area contributed by atoms with E-state index in [4.69, 9.17) is 16.3 Å². The Balaban J connectivity index is 1.67. The summed E-state index contributed by atoms with van der Waals surface area (Å²) in [4.78, 5) is 13.5. The topological polar surface area (TPSA) is 26.3 Å². The molecule has 0 aromatic heterocycles. The number of thioether (sulfide) groups is 1. The molecule has 2 aromatic carbocycles. The van der Waals surface area contributed by atoms with Gasteiger partial charge in [0, 0.05) is 15.7 Å². The maximum Gasteiger partial charge on any atom is 0.178 e. The molecule has 3 rings (SSSR count). The molecule has 1 aliphatic heterocycles. The zero-order chi connectivity index (χ0) is 14.8. The first-order chi connectivity index (χ1) is 10.1. The Kier molecular flexibility index (Phi) is 4.22. The zero-order valence-corrected chi connectivity index (χ0v) is 13.2. The Labute approximate surface area is 133 Å². The van der Waals surface area contributed by atoms with E-state index >= 15 is 0 Å². The van der Waals surface area contributed by atoms with Crippen LogP contribution in [0.25, 0.3) is 0 Å². The first kappa shape index (κ1) is 14.5. The maximum absolute atomic E-state index is 12.4. The van der Waals surface area contributed by atoms with Crippen molar-refractivity contribution >= 4 is 29.1 Å². The standard InChI is InChI=1S/C17H15ClO2S/c1-11-2-5-13(6-3-11)20-9-16(19)15-10-21-17-7-4-12(18)8-14(15)17/h2-8,15H,9-10H2,1H3. The molecular formula is C17H15ClO2S. The largest absolute Gasteiger partial charge is 0.486 e. The van der Waals surface area contributed by atoms with Gasteiger partial charge < -0.3 is 4.74 Å². The molecule has 108 valence electrons. The molecule has 0 spiro atoms. The normalized spacial score (nSPS) is 16.6. The summed E-state index contributed by atoms with van der Waals surface area (Å²) in [5.74, 6) is 1.48. The summed E-state index contributed by atoms with van der Waals surface area (Å²) in [6, 6.07) is 13.5. The van der Waals surface area contributed by atoms with Gasteiger partial charge in [-0.25, -0.2) is 0 Å². The summed E-state index contributed by atoms with van der Waals surface area (Å²) in [5, 5.41) is 0.675. The predicted octanol–water partition coefficient (Wildman–Crippen LogP) is 4.49. The summed E-state index contributed by atoms with van der Waals surface area (Å²) >= 11 is 7.73. The van der Waals surface area contributed by atoms with Crippen LogP contribution in [0.3, 0.4) is 0 Å². The van der Waals surface area contributed by atoms with Crippen LogP contribution in [0.4, 0.5) is 0 Å². The third kappa shape index (κ3) is 3.25. The molecule has 2 nitrogen and oxygen atoms in total. The van der Waals surface area contributed by atoms with Gasteiger partial charge in [0.2, 0.25) is 0 Å². The highest BCUT2D eigenvalue weighted by molar-refractivity contribution is 7.99. The van der Waals surface area contributed by atoms with Crippen molar-refractivity contribution in [1.82, 2.24) is 0 Å². The fourth-order valence-electron chi connectivity index (χ4n) is 2.34. The molecule has 2 aromatic rings. The number of ketones is 1. The Bertz CT molecular complexity index is 667.